The summed E-state index contributed by atoms with van der Waals surface area (Å²) in [6.45, 7) is 2.96. The van der Waals surface area contributed by atoms with E-state index in [1.807, 2.05) is 6.92 Å². The fourth-order valence-corrected chi connectivity index (χ4v) is 3.90. The summed E-state index contributed by atoms with van der Waals surface area (Å²) in [5.41, 5.74) is -0.505. The summed E-state index contributed by atoms with van der Waals surface area (Å²) >= 11 is 5.68. The Balaban J connectivity index is 2.40. The fraction of sp³-hybridized carbons (Fsp3) is 0.545. The Kier molecular flexibility index (Phi) is 4.29. The van der Waals surface area contributed by atoms with Gasteiger partial charge in [0, 0.05) is 18.8 Å². The molecule has 1 aliphatic rings. The number of aromatic nitrogens is 1. The van der Waals surface area contributed by atoms with Crippen molar-refractivity contribution >= 4 is 21.6 Å². The minimum absolute atomic E-state index is 0.00236. The number of aromatic amines is 1. The lowest BCUT2D eigenvalue weighted by Gasteiger charge is -2.33. The number of halogens is 1. The van der Waals surface area contributed by atoms with E-state index in [0.717, 1.165) is 0 Å². The third kappa shape index (κ3) is 2.84. The first-order valence-corrected chi connectivity index (χ1v) is 7.76. The molecule has 0 aliphatic carbocycles. The van der Waals surface area contributed by atoms with Crippen molar-refractivity contribution in [2.24, 2.45) is 0 Å². The second-order valence-corrected chi connectivity index (χ2v) is 6.56. The predicted molar refractivity (Wildman–Crippen MR) is 70.9 cm³/mol. The highest BCUT2D eigenvalue weighted by Gasteiger charge is 2.33. The maximum Gasteiger partial charge on any atom is 0.266 e. The third-order valence-electron chi connectivity index (χ3n) is 3.08. The standard InChI is InChI=1S/C11H15ClN2O4S/c1-2-8-7-18-4-3-14(8)19(16,17)9-5-10(12)11(15)13-6-9/h5-6,8H,2-4,7H2,1H3,(H,13,15). The van der Waals surface area contributed by atoms with Crippen molar-refractivity contribution < 1.29 is 13.2 Å². The summed E-state index contributed by atoms with van der Waals surface area (Å²) in [6.07, 6.45) is 1.84. The maximum atomic E-state index is 12.5. The number of rotatable bonds is 3. The zero-order valence-corrected chi connectivity index (χ0v) is 12.0. The molecule has 2 rings (SSSR count). The van der Waals surface area contributed by atoms with E-state index in [2.05, 4.69) is 4.98 Å². The van der Waals surface area contributed by atoms with Gasteiger partial charge in [-0.1, -0.05) is 18.5 Å². The fourth-order valence-electron chi connectivity index (χ4n) is 2.00. The van der Waals surface area contributed by atoms with Crippen LogP contribution in [0, 0.1) is 0 Å². The van der Waals surface area contributed by atoms with Gasteiger partial charge in [-0.2, -0.15) is 4.31 Å². The summed E-state index contributed by atoms with van der Waals surface area (Å²) in [6, 6.07) is 0.988. The van der Waals surface area contributed by atoms with Gasteiger partial charge in [0.15, 0.2) is 0 Å². The summed E-state index contributed by atoms with van der Waals surface area (Å²) in [7, 11) is -3.66. The van der Waals surface area contributed by atoms with E-state index in [0.29, 0.717) is 26.2 Å². The minimum atomic E-state index is -3.66. The van der Waals surface area contributed by atoms with Crippen LogP contribution in [0.2, 0.25) is 5.02 Å². The SMILES string of the molecule is CCC1COCCN1S(=O)(=O)c1c[nH]c(=O)c(Cl)c1. The average molecular weight is 307 g/mol. The number of nitrogens with zero attached hydrogens (tertiary/aromatic N) is 1. The zero-order valence-electron chi connectivity index (χ0n) is 10.4. The number of hydrogen-bond acceptors (Lipinski definition) is 4. The molecule has 1 unspecified atom stereocenters. The van der Waals surface area contributed by atoms with Gasteiger partial charge in [0.1, 0.15) is 5.02 Å². The van der Waals surface area contributed by atoms with E-state index < -0.39 is 15.6 Å². The second-order valence-electron chi connectivity index (χ2n) is 4.27. The molecule has 1 aromatic rings. The van der Waals surface area contributed by atoms with Crippen molar-refractivity contribution in [3.63, 3.8) is 0 Å². The van der Waals surface area contributed by atoms with Crippen LogP contribution in [0.3, 0.4) is 0 Å². The number of sulfonamides is 1. The number of H-pyrrole nitrogens is 1. The highest BCUT2D eigenvalue weighted by molar-refractivity contribution is 7.89. The van der Waals surface area contributed by atoms with Crippen molar-refractivity contribution in [2.45, 2.75) is 24.3 Å². The van der Waals surface area contributed by atoms with E-state index in [1.54, 1.807) is 0 Å². The molecule has 0 spiro atoms. The van der Waals surface area contributed by atoms with Crippen molar-refractivity contribution in [1.29, 1.82) is 0 Å². The Labute approximate surface area is 116 Å². The van der Waals surface area contributed by atoms with Crippen LogP contribution >= 0.6 is 11.6 Å². The molecule has 2 heterocycles. The lowest BCUT2D eigenvalue weighted by atomic mass is 10.2. The van der Waals surface area contributed by atoms with Crippen molar-refractivity contribution in [3.05, 3.63) is 27.6 Å². The predicted octanol–water partition coefficient (Wildman–Crippen LogP) is 0.828. The molecule has 8 heteroatoms. The van der Waals surface area contributed by atoms with E-state index in [9.17, 15) is 13.2 Å². The normalized spacial score (nSPS) is 21.5. The van der Waals surface area contributed by atoms with Crippen molar-refractivity contribution in [2.75, 3.05) is 19.8 Å². The van der Waals surface area contributed by atoms with Crippen LogP contribution in [0.1, 0.15) is 13.3 Å². The van der Waals surface area contributed by atoms with Crippen molar-refractivity contribution in [3.8, 4) is 0 Å². The van der Waals surface area contributed by atoms with Crippen LogP contribution in [-0.4, -0.2) is 43.5 Å². The first-order valence-electron chi connectivity index (χ1n) is 5.94. The Bertz CT molecular complexity index is 613. The van der Waals surface area contributed by atoms with Crippen LogP contribution in [0.4, 0.5) is 0 Å². The Morgan fingerprint density at radius 2 is 2.32 bits per heavy atom. The number of nitrogens with one attached hydrogen (secondary N) is 1. The molecule has 1 N–H and O–H groups in total. The van der Waals surface area contributed by atoms with Gasteiger partial charge in [-0.15, -0.1) is 0 Å². The number of morpholine rings is 1. The van der Waals surface area contributed by atoms with Gasteiger partial charge in [-0.25, -0.2) is 8.42 Å². The second kappa shape index (κ2) is 5.62. The summed E-state index contributed by atoms with van der Waals surface area (Å²) in [5, 5.41) is -0.137. The van der Waals surface area contributed by atoms with Gasteiger partial charge in [0.2, 0.25) is 10.0 Å². The zero-order chi connectivity index (χ0) is 14.0. The molecule has 1 atom stereocenters. The molecule has 19 heavy (non-hydrogen) atoms. The molecule has 0 aromatic carbocycles. The van der Waals surface area contributed by atoms with Crippen LogP contribution in [0.25, 0.3) is 0 Å². The molecular formula is C11H15ClN2O4S. The van der Waals surface area contributed by atoms with Gasteiger partial charge >= 0.3 is 0 Å². The molecule has 0 amide bonds. The Morgan fingerprint density at radius 1 is 1.58 bits per heavy atom. The highest BCUT2D eigenvalue weighted by atomic mass is 35.5. The summed E-state index contributed by atoms with van der Waals surface area (Å²) < 4.78 is 31.7. The topological polar surface area (TPSA) is 79.5 Å². The van der Waals surface area contributed by atoms with Gasteiger partial charge in [-0.3, -0.25) is 4.79 Å². The molecule has 1 aromatic heterocycles. The van der Waals surface area contributed by atoms with E-state index in [1.165, 1.54) is 16.6 Å². The average Bonchev–Trinajstić information content (AvgIpc) is 2.41. The van der Waals surface area contributed by atoms with Gasteiger partial charge in [-0.05, 0) is 12.5 Å². The molecular weight excluding hydrogens is 292 g/mol. The molecule has 0 radical (unpaired) electrons. The van der Waals surface area contributed by atoms with Crippen LogP contribution < -0.4 is 5.56 Å². The molecule has 1 aliphatic heterocycles. The van der Waals surface area contributed by atoms with Gasteiger partial charge in [0.25, 0.3) is 5.56 Å². The quantitative estimate of drug-likeness (QED) is 0.897. The van der Waals surface area contributed by atoms with Crippen molar-refractivity contribution in [1.82, 2.24) is 9.29 Å². The molecule has 0 saturated carbocycles. The monoisotopic (exact) mass is 306 g/mol. The molecule has 6 nitrogen and oxygen atoms in total. The van der Waals surface area contributed by atoms with E-state index >= 15 is 0 Å². The Hall–Kier alpha value is -0.890. The lowest BCUT2D eigenvalue weighted by molar-refractivity contribution is 0.0314. The molecule has 1 saturated heterocycles. The first-order chi connectivity index (χ1) is 8.96. The highest BCUT2D eigenvalue weighted by Crippen LogP contribution is 2.22. The lowest BCUT2D eigenvalue weighted by Crippen LogP contribution is -2.48. The largest absolute Gasteiger partial charge is 0.378 e. The number of hydrogen-bond donors (Lipinski definition) is 1. The smallest absolute Gasteiger partial charge is 0.266 e. The Morgan fingerprint density at radius 3 is 2.95 bits per heavy atom. The number of ether oxygens (including phenoxy) is 1. The van der Waals surface area contributed by atoms with Gasteiger partial charge in [0.05, 0.1) is 18.1 Å². The van der Waals surface area contributed by atoms with Crippen LogP contribution in [0.15, 0.2) is 22.0 Å². The molecule has 106 valence electrons. The maximum absolute atomic E-state index is 12.5. The molecule has 1 fully saturated rings. The summed E-state index contributed by atoms with van der Waals surface area (Å²) in [4.78, 5) is 13.5. The van der Waals surface area contributed by atoms with E-state index in [4.69, 9.17) is 16.3 Å². The minimum Gasteiger partial charge on any atom is -0.378 e. The van der Waals surface area contributed by atoms with Crippen LogP contribution in [0.5, 0.6) is 0 Å². The number of pyridine rings is 1. The van der Waals surface area contributed by atoms with E-state index in [-0.39, 0.29) is 16.0 Å². The third-order valence-corrected chi connectivity index (χ3v) is 5.29. The van der Waals surface area contributed by atoms with Gasteiger partial charge < -0.3 is 9.72 Å². The van der Waals surface area contributed by atoms with Crippen LogP contribution in [-0.2, 0) is 14.8 Å². The first kappa shape index (κ1) is 14.5. The molecule has 0 bridgehead atoms. The summed E-state index contributed by atoms with van der Waals surface area (Å²) in [5.74, 6) is 0.